The lowest BCUT2D eigenvalue weighted by atomic mass is 10.0. The largest absolute Gasteiger partial charge is 0.452 e. The van der Waals surface area contributed by atoms with Crippen LogP contribution in [0.3, 0.4) is 0 Å². The van der Waals surface area contributed by atoms with Crippen molar-refractivity contribution in [3.63, 3.8) is 0 Å². The minimum absolute atomic E-state index is 0.0381. The number of hydrogen-bond acceptors (Lipinski definition) is 8. The van der Waals surface area contributed by atoms with Crippen molar-refractivity contribution in [2.75, 3.05) is 19.7 Å². The summed E-state index contributed by atoms with van der Waals surface area (Å²) < 4.78 is 5.79. The van der Waals surface area contributed by atoms with Crippen LogP contribution in [0.4, 0.5) is 5.69 Å². The predicted octanol–water partition coefficient (Wildman–Crippen LogP) is 3.93. The molecular formula is C19H21N3O5S2. The minimum Gasteiger partial charge on any atom is -0.452 e. The minimum atomic E-state index is -0.756. The SMILES string of the molecule is Cc1csc(Sc2ccc(C(=O)OCC(=O)N3CCCC(C)C3)cc2[N+](=O)[O-])n1. The summed E-state index contributed by atoms with van der Waals surface area (Å²) in [6.07, 6.45) is 2.02. The summed E-state index contributed by atoms with van der Waals surface area (Å²) in [7, 11) is 0. The van der Waals surface area contributed by atoms with Gasteiger partial charge in [-0.2, -0.15) is 0 Å². The predicted molar refractivity (Wildman–Crippen MR) is 109 cm³/mol. The molecule has 29 heavy (non-hydrogen) atoms. The summed E-state index contributed by atoms with van der Waals surface area (Å²) in [4.78, 5) is 41.8. The molecule has 8 nitrogen and oxygen atoms in total. The fourth-order valence-corrected chi connectivity index (χ4v) is 4.94. The number of piperidine rings is 1. The van der Waals surface area contributed by atoms with Gasteiger partial charge in [0.15, 0.2) is 10.9 Å². The van der Waals surface area contributed by atoms with Gasteiger partial charge in [0.05, 0.1) is 15.4 Å². The first-order chi connectivity index (χ1) is 13.8. The molecule has 2 heterocycles. The van der Waals surface area contributed by atoms with Gasteiger partial charge in [0.25, 0.3) is 11.6 Å². The number of aromatic nitrogens is 1. The lowest BCUT2D eigenvalue weighted by Gasteiger charge is -2.30. The summed E-state index contributed by atoms with van der Waals surface area (Å²) in [5, 5.41) is 13.3. The highest BCUT2D eigenvalue weighted by atomic mass is 32.2. The molecule has 2 aromatic rings. The normalized spacial score (nSPS) is 16.5. The summed E-state index contributed by atoms with van der Waals surface area (Å²) in [5.74, 6) is -0.573. The molecular weight excluding hydrogens is 414 g/mol. The number of benzene rings is 1. The van der Waals surface area contributed by atoms with Crippen molar-refractivity contribution in [3.8, 4) is 0 Å². The first-order valence-electron chi connectivity index (χ1n) is 9.17. The standard InChI is InChI=1S/C19H21N3O5S2/c1-12-4-3-7-21(9-12)17(23)10-27-18(24)14-5-6-16(15(8-14)22(25)26)29-19-20-13(2)11-28-19/h5-6,8,11-12H,3-4,7,9-10H2,1-2H3. The van der Waals surface area contributed by atoms with Crippen molar-refractivity contribution in [2.24, 2.45) is 5.92 Å². The van der Waals surface area contributed by atoms with Gasteiger partial charge in [0.1, 0.15) is 0 Å². The Balaban J connectivity index is 1.66. The number of likely N-dealkylation sites (tertiary alicyclic amines) is 1. The Morgan fingerprint density at radius 3 is 2.90 bits per heavy atom. The zero-order valence-corrected chi connectivity index (χ0v) is 17.8. The third-order valence-corrected chi connectivity index (χ3v) is 6.64. The van der Waals surface area contributed by atoms with Crippen LogP contribution in [-0.2, 0) is 9.53 Å². The van der Waals surface area contributed by atoms with Crippen LogP contribution in [0.5, 0.6) is 0 Å². The van der Waals surface area contributed by atoms with Gasteiger partial charge in [-0.1, -0.05) is 18.7 Å². The van der Waals surface area contributed by atoms with E-state index in [0.29, 0.717) is 28.2 Å². The number of nitro groups is 1. The molecule has 1 aromatic carbocycles. The van der Waals surface area contributed by atoms with E-state index in [1.165, 1.54) is 41.3 Å². The number of hydrogen-bond donors (Lipinski definition) is 0. The molecule has 0 N–H and O–H groups in total. The van der Waals surface area contributed by atoms with Crippen LogP contribution in [0, 0.1) is 23.0 Å². The van der Waals surface area contributed by atoms with E-state index in [9.17, 15) is 19.7 Å². The van der Waals surface area contributed by atoms with E-state index < -0.39 is 10.9 Å². The van der Waals surface area contributed by atoms with Crippen LogP contribution in [0.2, 0.25) is 0 Å². The summed E-state index contributed by atoms with van der Waals surface area (Å²) in [6.45, 7) is 4.88. The Hall–Kier alpha value is -2.46. The molecule has 0 bridgehead atoms. The lowest BCUT2D eigenvalue weighted by Crippen LogP contribution is -2.41. The molecule has 10 heteroatoms. The number of aryl methyl sites for hydroxylation is 1. The summed E-state index contributed by atoms with van der Waals surface area (Å²) >= 11 is 2.57. The van der Waals surface area contributed by atoms with E-state index >= 15 is 0 Å². The number of carbonyl (C=O) groups is 2. The van der Waals surface area contributed by atoms with Crippen LogP contribution in [-0.4, -0.2) is 46.4 Å². The molecule has 1 atom stereocenters. The number of nitrogens with zero attached hydrogens (tertiary/aromatic N) is 3. The van der Waals surface area contributed by atoms with Gasteiger partial charge in [-0.05, 0) is 37.8 Å². The van der Waals surface area contributed by atoms with Crippen molar-refractivity contribution < 1.29 is 19.2 Å². The Kier molecular flexibility index (Phi) is 6.86. The van der Waals surface area contributed by atoms with Gasteiger partial charge in [0.2, 0.25) is 0 Å². The molecule has 1 aliphatic heterocycles. The van der Waals surface area contributed by atoms with Gasteiger partial charge in [0, 0.05) is 30.2 Å². The van der Waals surface area contributed by atoms with E-state index in [-0.39, 0.29) is 23.8 Å². The summed E-state index contributed by atoms with van der Waals surface area (Å²) in [5.41, 5.74) is 0.679. The fraction of sp³-hybridized carbons (Fsp3) is 0.421. The maximum Gasteiger partial charge on any atom is 0.338 e. The molecule has 1 unspecified atom stereocenters. The second kappa shape index (κ2) is 9.36. The van der Waals surface area contributed by atoms with Gasteiger partial charge >= 0.3 is 5.97 Å². The van der Waals surface area contributed by atoms with E-state index in [1.54, 1.807) is 4.90 Å². The van der Waals surface area contributed by atoms with E-state index in [0.717, 1.165) is 18.5 Å². The number of nitro benzene ring substituents is 1. The number of rotatable bonds is 6. The van der Waals surface area contributed by atoms with Gasteiger partial charge in [-0.15, -0.1) is 11.3 Å². The average molecular weight is 436 g/mol. The molecule has 0 saturated carbocycles. The molecule has 1 fully saturated rings. The molecule has 3 rings (SSSR count). The third-order valence-electron chi connectivity index (χ3n) is 4.52. The van der Waals surface area contributed by atoms with Crippen LogP contribution in [0.15, 0.2) is 32.8 Å². The highest BCUT2D eigenvalue weighted by Crippen LogP contribution is 2.36. The fourth-order valence-electron chi connectivity index (χ4n) is 3.06. The second-order valence-electron chi connectivity index (χ2n) is 6.96. The lowest BCUT2D eigenvalue weighted by molar-refractivity contribution is -0.387. The maximum absolute atomic E-state index is 12.3. The molecule has 0 radical (unpaired) electrons. The number of thiazole rings is 1. The quantitative estimate of drug-likeness (QED) is 0.385. The Labute approximate surface area is 176 Å². The Bertz CT molecular complexity index is 930. The van der Waals surface area contributed by atoms with Crippen molar-refractivity contribution in [2.45, 2.75) is 35.9 Å². The molecule has 1 aromatic heterocycles. The van der Waals surface area contributed by atoms with Crippen molar-refractivity contribution >= 4 is 40.7 Å². The second-order valence-corrected chi connectivity index (χ2v) is 9.11. The number of amides is 1. The first-order valence-corrected chi connectivity index (χ1v) is 10.9. The smallest absolute Gasteiger partial charge is 0.338 e. The number of esters is 1. The van der Waals surface area contributed by atoms with Gasteiger partial charge < -0.3 is 9.64 Å². The zero-order valence-electron chi connectivity index (χ0n) is 16.1. The van der Waals surface area contributed by atoms with Crippen molar-refractivity contribution in [1.29, 1.82) is 0 Å². The molecule has 0 aliphatic carbocycles. The van der Waals surface area contributed by atoms with Crippen molar-refractivity contribution in [3.05, 3.63) is 45.0 Å². The van der Waals surface area contributed by atoms with Crippen LogP contribution >= 0.6 is 23.1 Å². The van der Waals surface area contributed by atoms with Crippen molar-refractivity contribution in [1.82, 2.24) is 9.88 Å². The van der Waals surface area contributed by atoms with Crippen LogP contribution in [0.1, 0.15) is 35.8 Å². The average Bonchev–Trinajstić information content (AvgIpc) is 3.10. The molecule has 154 valence electrons. The van der Waals surface area contributed by atoms with E-state index in [2.05, 4.69) is 11.9 Å². The third kappa shape index (κ3) is 5.54. The first kappa shape index (κ1) is 21.3. The molecule has 1 amide bonds. The van der Waals surface area contributed by atoms with Gasteiger partial charge in [-0.3, -0.25) is 14.9 Å². The zero-order chi connectivity index (χ0) is 21.0. The van der Waals surface area contributed by atoms with Gasteiger partial charge in [-0.25, -0.2) is 9.78 Å². The molecule has 1 aliphatic rings. The monoisotopic (exact) mass is 435 g/mol. The number of carbonyl (C=O) groups excluding carboxylic acids is 2. The van der Waals surface area contributed by atoms with E-state index in [1.807, 2.05) is 12.3 Å². The van der Waals surface area contributed by atoms with Crippen LogP contribution in [0.25, 0.3) is 0 Å². The maximum atomic E-state index is 12.3. The Morgan fingerprint density at radius 1 is 1.45 bits per heavy atom. The highest BCUT2D eigenvalue weighted by Gasteiger charge is 2.24. The van der Waals surface area contributed by atoms with Crippen LogP contribution < -0.4 is 0 Å². The molecule has 0 spiro atoms. The summed E-state index contributed by atoms with van der Waals surface area (Å²) in [6, 6.07) is 4.15. The molecule has 1 saturated heterocycles. The Morgan fingerprint density at radius 2 is 2.24 bits per heavy atom. The van der Waals surface area contributed by atoms with E-state index in [4.69, 9.17) is 4.74 Å². The topological polar surface area (TPSA) is 103 Å². The highest BCUT2D eigenvalue weighted by molar-refractivity contribution is 8.01. The number of ether oxygens (including phenoxy) is 1.